The summed E-state index contributed by atoms with van der Waals surface area (Å²) in [6, 6.07) is 6.71. The van der Waals surface area contributed by atoms with E-state index in [0.29, 0.717) is 5.56 Å². The third-order valence-corrected chi connectivity index (χ3v) is 2.89. The summed E-state index contributed by atoms with van der Waals surface area (Å²) in [6.45, 7) is 0. The van der Waals surface area contributed by atoms with Crippen LogP contribution in [0.3, 0.4) is 0 Å². The summed E-state index contributed by atoms with van der Waals surface area (Å²) in [5.74, 6) is 5.40. The van der Waals surface area contributed by atoms with E-state index in [1.165, 1.54) is 24.7 Å². The van der Waals surface area contributed by atoms with E-state index in [4.69, 9.17) is 10.3 Å². The van der Waals surface area contributed by atoms with Crippen molar-refractivity contribution in [3.8, 4) is 0 Å². The molecule has 19 heavy (non-hydrogen) atoms. The number of nitrogens with one attached hydrogen (secondary N) is 1. The lowest BCUT2D eigenvalue weighted by atomic mass is 9.97. The predicted octanol–water partition coefficient (Wildman–Crippen LogP) is 3.05. The molecule has 1 aromatic heterocycles. The highest BCUT2D eigenvalue weighted by Gasteiger charge is 2.33. The summed E-state index contributed by atoms with van der Waals surface area (Å²) in [7, 11) is 0. The van der Waals surface area contributed by atoms with Gasteiger partial charge >= 0.3 is 6.18 Å². The zero-order chi connectivity index (χ0) is 13.9. The number of hydrogen-bond donors (Lipinski definition) is 2. The van der Waals surface area contributed by atoms with Crippen LogP contribution >= 0.6 is 0 Å². The third kappa shape index (κ3) is 3.15. The van der Waals surface area contributed by atoms with Gasteiger partial charge in [0.25, 0.3) is 0 Å². The van der Waals surface area contributed by atoms with Gasteiger partial charge in [-0.15, -0.1) is 0 Å². The van der Waals surface area contributed by atoms with Gasteiger partial charge in [0.05, 0.1) is 24.1 Å². The van der Waals surface area contributed by atoms with E-state index in [2.05, 4.69) is 5.43 Å². The summed E-state index contributed by atoms with van der Waals surface area (Å²) < 4.78 is 43.5. The number of halogens is 3. The van der Waals surface area contributed by atoms with Crippen LogP contribution in [0.15, 0.2) is 47.3 Å². The number of hydrogen-bond acceptors (Lipinski definition) is 3. The van der Waals surface area contributed by atoms with Crippen molar-refractivity contribution in [2.75, 3.05) is 0 Å². The molecule has 0 spiro atoms. The van der Waals surface area contributed by atoms with Gasteiger partial charge in [-0.05, 0) is 24.1 Å². The normalized spacial score (nSPS) is 13.5. The molecule has 2 aromatic rings. The molecule has 0 amide bonds. The van der Waals surface area contributed by atoms with Crippen LogP contribution in [0.4, 0.5) is 13.2 Å². The second kappa shape index (κ2) is 5.46. The predicted molar refractivity (Wildman–Crippen MR) is 63.9 cm³/mol. The highest BCUT2D eigenvalue weighted by Crippen LogP contribution is 2.33. The molecule has 6 heteroatoms. The van der Waals surface area contributed by atoms with Crippen LogP contribution in [-0.4, -0.2) is 0 Å². The molecule has 1 aromatic carbocycles. The molecular weight excluding hydrogens is 257 g/mol. The summed E-state index contributed by atoms with van der Waals surface area (Å²) in [5, 5.41) is 0. The maximum atomic E-state index is 12.9. The van der Waals surface area contributed by atoms with Crippen molar-refractivity contribution in [2.45, 2.75) is 18.6 Å². The lowest BCUT2D eigenvalue weighted by molar-refractivity contribution is -0.138. The molecule has 0 saturated heterocycles. The number of nitrogens with two attached hydrogens (primary N) is 1. The first kappa shape index (κ1) is 13.6. The Balaban J connectivity index is 2.28. The van der Waals surface area contributed by atoms with Crippen LogP contribution < -0.4 is 11.3 Å². The van der Waals surface area contributed by atoms with E-state index < -0.39 is 17.8 Å². The first-order chi connectivity index (χ1) is 9.02. The lowest BCUT2D eigenvalue weighted by Crippen LogP contribution is -2.29. The molecule has 2 rings (SSSR count). The van der Waals surface area contributed by atoms with Crippen molar-refractivity contribution in [3.05, 3.63) is 59.5 Å². The molecule has 0 aliphatic rings. The molecule has 102 valence electrons. The summed E-state index contributed by atoms with van der Waals surface area (Å²) in [4.78, 5) is 0. The Kier molecular flexibility index (Phi) is 3.92. The minimum atomic E-state index is -4.37. The maximum Gasteiger partial charge on any atom is 0.416 e. The van der Waals surface area contributed by atoms with Crippen molar-refractivity contribution in [1.29, 1.82) is 0 Å². The van der Waals surface area contributed by atoms with E-state index in [9.17, 15) is 13.2 Å². The average Bonchev–Trinajstić information content (AvgIpc) is 2.89. The smallest absolute Gasteiger partial charge is 0.416 e. The van der Waals surface area contributed by atoms with Gasteiger partial charge in [-0.2, -0.15) is 13.2 Å². The van der Waals surface area contributed by atoms with Gasteiger partial charge < -0.3 is 4.42 Å². The Morgan fingerprint density at radius 3 is 2.53 bits per heavy atom. The molecule has 0 aliphatic carbocycles. The zero-order valence-corrected chi connectivity index (χ0v) is 9.95. The Hall–Kier alpha value is -1.79. The van der Waals surface area contributed by atoms with Crippen molar-refractivity contribution in [3.63, 3.8) is 0 Å². The van der Waals surface area contributed by atoms with Gasteiger partial charge in [0.1, 0.15) is 0 Å². The monoisotopic (exact) mass is 270 g/mol. The summed E-state index contributed by atoms with van der Waals surface area (Å²) in [5.41, 5.74) is 2.77. The number of rotatable bonds is 4. The molecular formula is C13H13F3N2O. The molecule has 3 nitrogen and oxygen atoms in total. The minimum Gasteiger partial charge on any atom is -0.472 e. The summed E-state index contributed by atoms with van der Waals surface area (Å²) in [6.07, 6.45) is -1.33. The molecule has 1 atom stereocenters. The summed E-state index contributed by atoms with van der Waals surface area (Å²) >= 11 is 0. The first-order valence-corrected chi connectivity index (χ1v) is 5.65. The number of alkyl halides is 3. The Labute approximate surface area is 108 Å². The van der Waals surface area contributed by atoms with Crippen LogP contribution in [0.5, 0.6) is 0 Å². The van der Waals surface area contributed by atoms with E-state index >= 15 is 0 Å². The molecule has 1 unspecified atom stereocenters. The van der Waals surface area contributed by atoms with Crippen LogP contribution in [0, 0.1) is 0 Å². The fraction of sp³-hybridized carbons (Fsp3) is 0.231. The Morgan fingerprint density at radius 1 is 1.21 bits per heavy atom. The SMILES string of the molecule is NNC(Cc1ccccc1C(F)(F)F)c1ccoc1. The lowest BCUT2D eigenvalue weighted by Gasteiger charge is -2.18. The fourth-order valence-electron chi connectivity index (χ4n) is 1.94. The Morgan fingerprint density at radius 2 is 1.95 bits per heavy atom. The van der Waals surface area contributed by atoms with Crippen molar-refractivity contribution >= 4 is 0 Å². The van der Waals surface area contributed by atoms with Crippen molar-refractivity contribution in [1.82, 2.24) is 5.43 Å². The fourth-order valence-corrected chi connectivity index (χ4v) is 1.94. The van der Waals surface area contributed by atoms with E-state index in [0.717, 1.165) is 6.07 Å². The third-order valence-electron chi connectivity index (χ3n) is 2.89. The van der Waals surface area contributed by atoms with E-state index in [-0.39, 0.29) is 12.0 Å². The number of benzene rings is 1. The second-order valence-electron chi connectivity index (χ2n) is 4.13. The van der Waals surface area contributed by atoms with Gasteiger partial charge in [0, 0.05) is 5.56 Å². The first-order valence-electron chi connectivity index (χ1n) is 5.65. The average molecular weight is 270 g/mol. The van der Waals surface area contributed by atoms with Crippen LogP contribution in [0.2, 0.25) is 0 Å². The molecule has 0 fully saturated rings. The van der Waals surface area contributed by atoms with Crippen LogP contribution in [0.1, 0.15) is 22.7 Å². The molecule has 0 saturated carbocycles. The van der Waals surface area contributed by atoms with Crippen LogP contribution in [0.25, 0.3) is 0 Å². The largest absolute Gasteiger partial charge is 0.472 e. The number of hydrazine groups is 1. The van der Waals surface area contributed by atoms with Crippen LogP contribution in [-0.2, 0) is 12.6 Å². The molecule has 3 N–H and O–H groups in total. The van der Waals surface area contributed by atoms with E-state index in [1.54, 1.807) is 12.1 Å². The van der Waals surface area contributed by atoms with Gasteiger partial charge in [-0.25, -0.2) is 0 Å². The molecule has 1 heterocycles. The van der Waals surface area contributed by atoms with Gasteiger partial charge in [-0.3, -0.25) is 11.3 Å². The standard InChI is InChI=1S/C13H13F3N2O/c14-13(15,16)11-4-2-1-3-9(11)7-12(18-17)10-5-6-19-8-10/h1-6,8,12,18H,7,17H2. The quantitative estimate of drug-likeness (QED) is 0.663. The second-order valence-corrected chi connectivity index (χ2v) is 4.13. The number of furan rings is 1. The molecule has 0 aliphatic heterocycles. The van der Waals surface area contributed by atoms with Gasteiger partial charge in [-0.1, -0.05) is 18.2 Å². The minimum absolute atomic E-state index is 0.131. The zero-order valence-electron chi connectivity index (χ0n) is 9.95. The van der Waals surface area contributed by atoms with Crippen molar-refractivity contribution in [2.24, 2.45) is 5.84 Å². The van der Waals surface area contributed by atoms with E-state index in [1.807, 2.05) is 0 Å². The molecule has 0 radical (unpaired) electrons. The highest BCUT2D eigenvalue weighted by atomic mass is 19.4. The Bertz CT molecular complexity index is 523. The van der Waals surface area contributed by atoms with Crippen molar-refractivity contribution < 1.29 is 17.6 Å². The maximum absolute atomic E-state index is 12.9. The van der Waals surface area contributed by atoms with Gasteiger partial charge in [0.2, 0.25) is 0 Å². The van der Waals surface area contributed by atoms with Gasteiger partial charge in [0.15, 0.2) is 0 Å². The highest BCUT2D eigenvalue weighted by molar-refractivity contribution is 5.31. The topological polar surface area (TPSA) is 51.2 Å². The molecule has 0 bridgehead atoms.